The van der Waals surface area contributed by atoms with Crippen molar-refractivity contribution >= 4 is 28.0 Å². The van der Waals surface area contributed by atoms with Gasteiger partial charge < -0.3 is 4.98 Å². The largest absolute Gasteiger partial charge is 0.358 e. The van der Waals surface area contributed by atoms with Crippen LogP contribution in [0.2, 0.25) is 0 Å². The Morgan fingerprint density at radius 2 is 1.89 bits per heavy atom. The number of aromatic nitrogens is 1. The van der Waals surface area contributed by atoms with Crippen molar-refractivity contribution in [1.82, 2.24) is 4.98 Å². The first-order valence-corrected chi connectivity index (χ1v) is 7.08. The predicted octanol–water partition coefficient (Wildman–Crippen LogP) is 4.39. The zero-order chi connectivity index (χ0) is 13.6. The Balaban J connectivity index is 2.19. The molecule has 0 amide bonds. The van der Waals surface area contributed by atoms with Crippen molar-refractivity contribution in [1.29, 1.82) is 0 Å². The topological polar surface area (TPSA) is 32.9 Å². The van der Waals surface area contributed by atoms with Gasteiger partial charge in [-0.15, -0.1) is 11.3 Å². The van der Waals surface area contributed by atoms with Crippen LogP contribution in [-0.4, -0.2) is 10.8 Å². The SMILES string of the molecule is Cc1cc(C(=O)c2c(C)[nH]c3ccccc23)sc1C. The van der Waals surface area contributed by atoms with E-state index in [1.807, 2.05) is 44.2 Å². The smallest absolute Gasteiger partial charge is 0.205 e. The van der Waals surface area contributed by atoms with Gasteiger partial charge in [0.2, 0.25) is 5.78 Å². The molecule has 0 spiro atoms. The Morgan fingerprint density at radius 3 is 2.58 bits per heavy atom. The number of carbonyl (C=O) groups is 1. The third-order valence-corrected chi connectivity index (χ3v) is 4.66. The van der Waals surface area contributed by atoms with E-state index in [1.165, 1.54) is 10.4 Å². The number of ketones is 1. The van der Waals surface area contributed by atoms with Crippen LogP contribution in [0.15, 0.2) is 30.3 Å². The second kappa shape index (κ2) is 4.35. The molecule has 0 saturated heterocycles. The van der Waals surface area contributed by atoms with Gasteiger partial charge in [-0.2, -0.15) is 0 Å². The highest BCUT2D eigenvalue weighted by molar-refractivity contribution is 7.14. The fraction of sp³-hybridized carbons (Fsp3) is 0.188. The lowest BCUT2D eigenvalue weighted by Gasteiger charge is -1.98. The lowest BCUT2D eigenvalue weighted by atomic mass is 10.1. The molecule has 3 rings (SSSR count). The second-order valence-electron chi connectivity index (χ2n) is 4.85. The van der Waals surface area contributed by atoms with Crippen LogP contribution >= 0.6 is 11.3 Å². The summed E-state index contributed by atoms with van der Waals surface area (Å²) >= 11 is 1.57. The molecule has 96 valence electrons. The Morgan fingerprint density at radius 1 is 1.16 bits per heavy atom. The van der Waals surface area contributed by atoms with Crippen molar-refractivity contribution in [2.75, 3.05) is 0 Å². The monoisotopic (exact) mass is 269 g/mol. The number of hydrogen-bond acceptors (Lipinski definition) is 2. The summed E-state index contributed by atoms with van der Waals surface area (Å²) in [5, 5.41) is 1.01. The molecular formula is C16H15NOS. The first-order valence-electron chi connectivity index (χ1n) is 6.27. The van der Waals surface area contributed by atoms with Crippen molar-refractivity contribution < 1.29 is 4.79 Å². The van der Waals surface area contributed by atoms with Gasteiger partial charge in [-0.1, -0.05) is 18.2 Å². The van der Waals surface area contributed by atoms with Crippen molar-refractivity contribution in [3.8, 4) is 0 Å². The summed E-state index contributed by atoms with van der Waals surface area (Å²) in [4.78, 5) is 18.0. The molecule has 0 aliphatic carbocycles. The van der Waals surface area contributed by atoms with Gasteiger partial charge in [0.05, 0.1) is 10.4 Å². The highest BCUT2D eigenvalue weighted by atomic mass is 32.1. The normalized spacial score (nSPS) is 11.1. The summed E-state index contributed by atoms with van der Waals surface area (Å²) in [6.07, 6.45) is 0. The molecule has 0 aliphatic heterocycles. The van der Waals surface area contributed by atoms with E-state index in [1.54, 1.807) is 11.3 Å². The highest BCUT2D eigenvalue weighted by Gasteiger charge is 2.19. The van der Waals surface area contributed by atoms with E-state index in [9.17, 15) is 4.79 Å². The molecule has 2 nitrogen and oxygen atoms in total. The standard InChI is InChI=1S/C16H15NOS/c1-9-8-14(19-11(9)3)16(18)15-10(2)17-13-7-5-4-6-12(13)15/h4-8,17H,1-3H3. The fourth-order valence-corrected chi connectivity index (χ4v) is 3.36. The van der Waals surface area contributed by atoms with Gasteiger partial charge in [0.1, 0.15) is 0 Å². The van der Waals surface area contributed by atoms with Gasteiger partial charge in [-0.3, -0.25) is 4.79 Å². The second-order valence-corrected chi connectivity index (χ2v) is 6.11. The van der Waals surface area contributed by atoms with E-state index < -0.39 is 0 Å². The minimum atomic E-state index is 0.121. The van der Waals surface area contributed by atoms with Crippen LogP contribution < -0.4 is 0 Å². The zero-order valence-electron chi connectivity index (χ0n) is 11.2. The molecule has 3 heteroatoms. The van der Waals surface area contributed by atoms with Gasteiger partial charge in [0.15, 0.2) is 0 Å². The van der Waals surface area contributed by atoms with Crippen molar-refractivity contribution in [2.24, 2.45) is 0 Å². The number of aryl methyl sites for hydroxylation is 3. The summed E-state index contributed by atoms with van der Waals surface area (Å²) in [5.74, 6) is 0.121. The van der Waals surface area contributed by atoms with Crippen LogP contribution in [0.3, 0.4) is 0 Å². The van der Waals surface area contributed by atoms with E-state index in [0.717, 1.165) is 27.0 Å². The molecule has 0 radical (unpaired) electrons. The predicted molar refractivity (Wildman–Crippen MR) is 80.3 cm³/mol. The molecule has 0 unspecified atom stereocenters. The highest BCUT2D eigenvalue weighted by Crippen LogP contribution is 2.28. The maximum atomic E-state index is 12.7. The number of carbonyl (C=O) groups excluding carboxylic acids is 1. The number of nitrogens with one attached hydrogen (secondary N) is 1. The van der Waals surface area contributed by atoms with Crippen molar-refractivity contribution in [2.45, 2.75) is 20.8 Å². The Kier molecular flexibility index (Phi) is 2.79. The van der Waals surface area contributed by atoms with Gasteiger partial charge in [0, 0.05) is 21.5 Å². The van der Waals surface area contributed by atoms with Gasteiger partial charge >= 0.3 is 0 Å². The van der Waals surface area contributed by atoms with Gasteiger partial charge in [-0.05, 0) is 38.5 Å². The van der Waals surface area contributed by atoms with Crippen LogP contribution in [-0.2, 0) is 0 Å². The molecule has 3 aromatic rings. The Bertz CT molecular complexity index is 760. The number of fused-ring (bicyclic) bond motifs is 1. The lowest BCUT2D eigenvalue weighted by molar-refractivity contribution is 0.104. The van der Waals surface area contributed by atoms with E-state index in [0.29, 0.717) is 0 Å². The summed E-state index contributed by atoms with van der Waals surface area (Å²) in [7, 11) is 0. The van der Waals surface area contributed by atoms with E-state index >= 15 is 0 Å². The van der Waals surface area contributed by atoms with Gasteiger partial charge in [-0.25, -0.2) is 0 Å². The molecule has 0 atom stereocenters. The van der Waals surface area contributed by atoms with Crippen molar-refractivity contribution in [3.63, 3.8) is 0 Å². The number of para-hydroxylation sites is 1. The van der Waals surface area contributed by atoms with Crippen LogP contribution in [0, 0.1) is 20.8 Å². The third kappa shape index (κ3) is 1.90. The maximum absolute atomic E-state index is 12.7. The first kappa shape index (κ1) is 12.2. The molecule has 2 aromatic heterocycles. The maximum Gasteiger partial charge on any atom is 0.205 e. The number of H-pyrrole nitrogens is 1. The van der Waals surface area contributed by atoms with E-state index in [2.05, 4.69) is 11.9 Å². The minimum Gasteiger partial charge on any atom is -0.358 e. The van der Waals surface area contributed by atoms with Crippen LogP contribution in [0.1, 0.15) is 31.4 Å². The Labute approximate surface area is 116 Å². The average molecular weight is 269 g/mol. The van der Waals surface area contributed by atoms with Crippen LogP contribution in [0.25, 0.3) is 10.9 Å². The molecule has 19 heavy (non-hydrogen) atoms. The summed E-state index contributed by atoms with van der Waals surface area (Å²) in [6.45, 7) is 6.06. The van der Waals surface area contributed by atoms with Crippen LogP contribution in [0.5, 0.6) is 0 Å². The summed E-state index contributed by atoms with van der Waals surface area (Å²) in [5.41, 5.74) is 3.95. The van der Waals surface area contributed by atoms with Crippen molar-refractivity contribution in [3.05, 3.63) is 56.9 Å². The molecule has 0 fully saturated rings. The summed E-state index contributed by atoms with van der Waals surface area (Å²) < 4.78 is 0. The zero-order valence-corrected chi connectivity index (χ0v) is 12.0. The number of thiophene rings is 1. The Hall–Kier alpha value is -1.87. The number of benzene rings is 1. The number of rotatable bonds is 2. The molecule has 0 saturated carbocycles. The van der Waals surface area contributed by atoms with E-state index in [4.69, 9.17) is 0 Å². The molecule has 2 heterocycles. The van der Waals surface area contributed by atoms with Gasteiger partial charge in [0.25, 0.3) is 0 Å². The lowest BCUT2D eigenvalue weighted by Crippen LogP contribution is -1.99. The fourth-order valence-electron chi connectivity index (χ4n) is 2.38. The molecule has 0 aliphatic rings. The first-order chi connectivity index (χ1) is 9.08. The van der Waals surface area contributed by atoms with E-state index in [-0.39, 0.29) is 5.78 Å². The van der Waals surface area contributed by atoms with Crippen LogP contribution in [0.4, 0.5) is 0 Å². The summed E-state index contributed by atoms with van der Waals surface area (Å²) in [6, 6.07) is 9.94. The third-order valence-electron chi connectivity index (χ3n) is 3.51. The quantitative estimate of drug-likeness (QED) is 0.688. The molecule has 1 aromatic carbocycles. The number of hydrogen-bond donors (Lipinski definition) is 1. The minimum absolute atomic E-state index is 0.121. The molecule has 0 bridgehead atoms. The average Bonchev–Trinajstić information content (AvgIpc) is 2.89. The molecular weight excluding hydrogens is 254 g/mol. The number of aromatic amines is 1. The molecule has 1 N–H and O–H groups in total.